The fourth-order valence-electron chi connectivity index (χ4n) is 3.31. The molecule has 0 spiro atoms. The average molecular weight is 741 g/mol. The van der Waals surface area contributed by atoms with E-state index in [1.54, 1.807) is 37.4 Å². The van der Waals surface area contributed by atoms with Crippen molar-refractivity contribution >= 4 is 91.4 Å². The number of non-ortho nitro benzene ring substituents is 1. The molecule has 0 aliphatic carbocycles. The summed E-state index contributed by atoms with van der Waals surface area (Å²) in [6.45, 7) is 0.181. The van der Waals surface area contributed by atoms with Gasteiger partial charge in [0.1, 0.15) is 12.4 Å². The van der Waals surface area contributed by atoms with Gasteiger partial charge in [-0.05, 0) is 111 Å². The van der Waals surface area contributed by atoms with Crippen molar-refractivity contribution in [1.82, 2.24) is 4.90 Å². The van der Waals surface area contributed by atoms with Gasteiger partial charge in [-0.25, -0.2) is 9.79 Å². The Labute approximate surface area is 243 Å². The molecule has 1 N–H and O–H groups in total. The lowest BCUT2D eigenvalue weighted by atomic mass is 10.2. The molecule has 1 aliphatic heterocycles. The van der Waals surface area contributed by atoms with Crippen LogP contribution in [0.4, 0.5) is 11.4 Å². The molecule has 4 rings (SSSR count). The Kier molecular flexibility index (Phi) is 8.49. The van der Waals surface area contributed by atoms with Gasteiger partial charge in [0.15, 0.2) is 5.17 Å². The highest BCUT2D eigenvalue weighted by Gasteiger charge is 2.30. The second kappa shape index (κ2) is 11.6. The monoisotopic (exact) mass is 741 g/mol. The number of halogens is 2. The summed E-state index contributed by atoms with van der Waals surface area (Å²) in [5, 5.41) is 20.5. The van der Waals surface area contributed by atoms with Crippen LogP contribution in [0.1, 0.15) is 21.5 Å². The predicted molar refractivity (Wildman–Crippen MR) is 158 cm³/mol. The molecule has 3 aromatic rings. The van der Waals surface area contributed by atoms with E-state index in [-0.39, 0.29) is 23.8 Å². The van der Waals surface area contributed by atoms with Gasteiger partial charge in [0.2, 0.25) is 0 Å². The van der Waals surface area contributed by atoms with Crippen molar-refractivity contribution < 1.29 is 24.4 Å². The standard InChI is InChI=1S/C25H17I2N3O6S/c1-29-23(31)21(37-25(29)28-17-7-5-16(6-8-17)24(32)33)12-15-10-19(26)22(20(27)11-15)36-13-14-3-2-4-18(9-14)30(34)35/h2-12H,13H2,1H3,(H,32,33)/b21-12-,28-25?. The number of aromatic carboxylic acids is 1. The summed E-state index contributed by atoms with van der Waals surface area (Å²) >= 11 is 5.55. The number of amides is 1. The van der Waals surface area contributed by atoms with Gasteiger partial charge in [0.25, 0.3) is 11.6 Å². The van der Waals surface area contributed by atoms with Crippen LogP contribution >= 0.6 is 56.9 Å². The number of carbonyl (C=O) groups is 2. The highest BCUT2D eigenvalue weighted by molar-refractivity contribution is 14.1. The molecule has 1 amide bonds. The second-order valence-electron chi connectivity index (χ2n) is 7.75. The molecule has 188 valence electrons. The van der Waals surface area contributed by atoms with Gasteiger partial charge < -0.3 is 9.84 Å². The molecule has 0 radical (unpaired) electrons. The van der Waals surface area contributed by atoms with E-state index in [1.165, 1.54) is 40.9 Å². The third kappa shape index (κ3) is 6.48. The van der Waals surface area contributed by atoms with Crippen LogP contribution in [-0.4, -0.2) is 39.0 Å². The molecule has 0 atom stereocenters. The van der Waals surface area contributed by atoms with Crippen molar-refractivity contribution in [3.8, 4) is 5.75 Å². The summed E-state index contributed by atoms with van der Waals surface area (Å²) in [4.78, 5) is 40.9. The van der Waals surface area contributed by atoms with E-state index >= 15 is 0 Å². The van der Waals surface area contributed by atoms with Crippen molar-refractivity contribution in [2.24, 2.45) is 4.99 Å². The minimum atomic E-state index is -1.02. The van der Waals surface area contributed by atoms with E-state index in [9.17, 15) is 19.7 Å². The van der Waals surface area contributed by atoms with Gasteiger partial charge in [-0.1, -0.05) is 12.1 Å². The number of rotatable bonds is 7. The summed E-state index contributed by atoms with van der Waals surface area (Å²) in [6.07, 6.45) is 1.79. The number of likely N-dealkylation sites (N-methyl/N-ethyl adjacent to an activating group) is 1. The molecular weight excluding hydrogens is 724 g/mol. The zero-order chi connectivity index (χ0) is 26.7. The fraction of sp³-hybridized carbons (Fsp3) is 0.0800. The Balaban J connectivity index is 1.51. The smallest absolute Gasteiger partial charge is 0.335 e. The van der Waals surface area contributed by atoms with E-state index in [1.807, 2.05) is 12.1 Å². The number of ether oxygens (including phenoxy) is 1. The first-order valence-electron chi connectivity index (χ1n) is 10.6. The Morgan fingerprint density at radius 3 is 2.46 bits per heavy atom. The van der Waals surface area contributed by atoms with Crippen LogP contribution in [0.15, 0.2) is 70.6 Å². The highest BCUT2D eigenvalue weighted by Crippen LogP contribution is 2.35. The van der Waals surface area contributed by atoms with Crippen LogP contribution in [0.5, 0.6) is 5.75 Å². The maximum Gasteiger partial charge on any atom is 0.335 e. The van der Waals surface area contributed by atoms with Gasteiger partial charge in [-0.2, -0.15) is 0 Å². The van der Waals surface area contributed by atoms with E-state index in [0.29, 0.717) is 27.1 Å². The summed E-state index contributed by atoms with van der Waals surface area (Å²) in [7, 11) is 1.64. The first-order valence-corrected chi connectivity index (χ1v) is 13.5. The molecule has 3 aromatic carbocycles. The average Bonchev–Trinajstić information content (AvgIpc) is 3.11. The molecule has 1 heterocycles. The number of benzene rings is 3. The zero-order valence-corrected chi connectivity index (χ0v) is 24.2. The van der Waals surface area contributed by atoms with E-state index in [0.717, 1.165) is 12.7 Å². The van der Waals surface area contributed by atoms with Gasteiger partial charge >= 0.3 is 5.97 Å². The number of hydrogen-bond donors (Lipinski definition) is 1. The van der Waals surface area contributed by atoms with Gasteiger partial charge in [-0.15, -0.1) is 0 Å². The summed E-state index contributed by atoms with van der Waals surface area (Å²) in [5.41, 5.74) is 2.22. The normalized spacial score (nSPS) is 15.4. The molecule has 37 heavy (non-hydrogen) atoms. The number of thioether (sulfide) groups is 1. The molecule has 0 saturated carbocycles. The Bertz CT molecular complexity index is 1450. The van der Waals surface area contributed by atoms with Crippen LogP contribution in [0.3, 0.4) is 0 Å². The number of carbonyl (C=O) groups excluding carboxylic acids is 1. The van der Waals surface area contributed by atoms with Crippen molar-refractivity contribution in [2.75, 3.05) is 7.05 Å². The molecule has 0 unspecified atom stereocenters. The lowest BCUT2D eigenvalue weighted by molar-refractivity contribution is -0.384. The van der Waals surface area contributed by atoms with Crippen LogP contribution in [0.2, 0.25) is 0 Å². The Hall–Kier alpha value is -2.98. The minimum Gasteiger partial charge on any atom is -0.487 e. The predicted octanol–water partition coefficient (Wildman–Crippen LogP) is 6.32. The topological polar surface area (TPSA) is 122 Å². The van der Waals surface area contributed by atoms with Crippen LogP contribution in [0, 0.1) is 17.3 Å². The fourth-order valence-corrected chi connectivity index (χ4v) is 6.42. The molecule has 1 fully saturated rings. The van der Waals surface area contributed by atoms with Crippen LogP contribution < -0.4 is 4.74 Å². The van der Waals surface area contributed by atoms with E-state index in [2.05, 4.69) is 50.2 Å². The van der Waals surface area contributed by atoms with Gasteiger partial charge in [0.05, 0.1) is 28.2 Å². The lowest BCUT2D eigenvalue weighted by Crippen LogP contribution is -2.23. The zero-order valence-electron chi connectivity index (χ0n) is 19.1. The molecule has 9 nitrogen and oxygen atoms in total. The number of nitrogens with zero attached hydrogens (tertiary/aromatic N) is 3. The Morgan fingerprint density at radius 2 is 1.84 bits per heavy atom. The lowest BCUT2D eigenvalue weighted by Gasteiger charge is -2.12. The van der Waals surface area contributed by atoms with Crippen molar-refractivity contribution in [3.63, 3.8) is 0 Å². The van der Waals surface area contributed by atoms with Crippen molar-refractivity contribution in [3.05, 3.63) is 99.5 Å². The SMILES string of the molecule is CN1C(=O)/C(=C/c2cc(I)c(OCc3cccc([N+](=O)[O-])c3)c(I)c2)SC1=Nc1ccc(C(=O)O)cc1. The number of carboxylic acids is 1. The first kappa shape index (κ1) is 27.1. The van der Waals surface area contributed by atoms with E-state index in [4.69, 9.17) is 9.84 Å². The quantitative estimate of drug-likeness (QED) is 0.130. The number of carboxylic acid groups (broad SMARTS) is 1. The van der Waals surface area contributed by atoms with Crippen LogP contribution in [-0.2, 0) is 11.4 Å². The molecule has 0 bridgehead atoms. The number of amidine groups is 1. The third-order valence-electron chi connectivity index (χ3n) is 5.17. The molecule has 12 heteroatoms. The third-order valence-corrected chi connectivity index (χ3v) is 7.83. The number of hydrogen-bond acceptors (Lipinski definition) is 7. The number of aliphatic imine (C=N–C) groups is 1. The van der Waals surface area contributed by atoms with Crippen LogP contribution in [0.25, 0.3) is 6.08 Å². The molecule has 1 aliphatic rings. The highest BCUT2D eigenvalue weighted by atomic mass is 127. The summed E-state index contributed by atoms with van der Waals surface area (Å²) in [6, 6.07) is 16.2. The molecule has 0 aromatic heterocycles. The largest absolute Gasteiger partial charge is 0.487 e. The van der Waals surface area contributed by atoms with E-state index < -0.39 is 10.9 Å². The second-order valence-corrected chi connectivity index (χ2v) is 11.1. The number of nitro benzene ring substituents is 1. The Morgan fingerprint density at radius 1 is 1.16 bits per heavy atom. The molecule has 1 saturated heterocycles. The maximum atomic E-state index is 12.8. The summed E-state index contributed by atoms with van der Waals surface area (Å²) < 4.78 is 7.63. The molecular formula is C25H17I2N3O6S. The maximum absolute atomic E-state index is 12.8. The minimum absolute atomic E-state index is 0.0105. The van der Waals surface area contributed by atoms with Gasteiger partial charge in [-0.3, -0.25) is 19.8 Å². The summed E-state index contributed by atoms with van der Waals surface area (Å²) in [5.74, 6) is -0.553. The van der Waals surface area contributed by atoms with Crippen molar-refractivity contribution in [2.45, 2.75) is 6.61 Å². The van der Waals surface area contributed by atoms with Crippen molar-refractivity contribution in [1.29, 1.82) is 0 Å². The van der Waals surface area contributed by atoms with Gasteiger partial charge in [0, 0.05) is 19.2 Å². The first-order chi connectivity index (χ1) is 17.6. The number of nitro groups is 1.